The Morgan fingerprint density at radius 3 is 3.00 bits per heavy atom. The number of Topliss-reactive ketones (excluding diaryl/α,β-unsaturated/α-hetero) is 1. The molecule has 3 nitrogen and oxygen atoms in total. The first-order chi connectivity index (χ1) is 4.84. The van der Waals surface area contributed by atoms with E-state index in [9.17, 15) is 4.79 Å². The largest absolute Gasteiger partial charge is 0.382 e. The first kappa shape index (κ1) is 6.89. The molecule has 0 bridgehead atoms. The van der Waals surface area contributed by atoms with E-state index < -0.39 is 5.78 Å². The third-order valence-electron chi connectivity index (χ3n) is 1.06. The maximum atomic E-state index is 10.7. The third kappa shape index (κ3) is 1.39. The van der Waals surface area contributed by atoms with Crippen molar-refractivity contribution < 1.29 is 9.90 Å². The molecule has 0 unspecified atom stereocenters. The lowest BCUT2D eigenvalue weighted by atomic mass is 10.2. The monoisotopic (exact) mass is 136 g/mol. The summed E-state index contributed by atoms with van der Waals surface area (Å²) in [5.41, 5.74) is 0.394. The minimum atomic E-state index is -0.423. The van der Waals surface area contributed by atoms with Crippen LogP contribution in [0.5, 0.6) is 0 Å². The summed E-state index contributed by atoms with van der Waals surface area (Å²) in [4.78, 5) is 14.4. The highest BCUT2D eigenvalue weighted by atomic mass is 16.3. The Hall–Kier alpha value is -1.22. The molecule has 0 aliphatic carbocycles. The zero-order valence-electron chi connectivity index (χ0n) is 5.19. The molecular formula is C7H6NO2. The lowest BCUT2D eigenvalue weighted by Gasteiger charge is -1.91. The van der Waals surface area contributed by atoms with Crippen molar-refractivity contribution in [3.05, 3.63) is 36.7 Å². The Balaban J connectivity index is 2.85. The molecule has 1 N–H and O–H groups in total. The molecule has 0 aliphatic rings. The minimum absolute atomic E-state index is 0.394. The zero-order valence-corrected chi connectivity index (χ0v) is 5.19. The van der Waals surface area contributed by atoms with E-state index >= 15 is 0 Å². The standard InChI is InChI=1S/C7H6NO2/c9-5-7(10)6-2-1-3-8-4-6/h1-5,9H. The van der Waals surface area contributed by atoms with Crippen molar-refractivity contribution in [1.29, 1.82) is 0 Å². The molecule has 0 spiro atoms. The molecule has 0 fully saturated rings. The quantitative estimate of drug-likeness (QED) is 0.612. The first-order valence-electron chi connectivity index (χ1n) is 2.76. The molecule has 1 aromatic rings. The van der Waals surface area contributed by atoms with E-state index in [4.69, 9.17) is 5.11 Å². The van der Waals surface area contributed by atoms with Gasteiger partial charge in [-0.05, 0) is 12.1 Å². The number of carbonyl (C=O) groups is 1. The molecule has 1 radical (unpaired) electrons. The minimum Gasteiger partial charge on any atom is -0.382 e. The molecule has 0 atom stereocenters. The molecule has 10 heavy (non-hydrogen) atoms. The Bertz CT molecular complexity index is 220. The number of ketones is 1. The molecule has 51 valence electrons. The van der Waals surface area contributed by atoms with E-state index in [1.807, 2.05) is 0 Å². The van der Waals surface area contributed by atoms with Crippen LogP contribution in [0.3, 0.4) is 0 Å². The Kier molecular flexibility index (Phi) is 2.12. The van der Waals surface area contributed by atoms with Gasteiger partial charge in [-0.1, -0.05) is 0 Å². The first-order valence-corrected chi connectivity index (χ1v) is 2.76. The van der Waals surface area contributed by atoms with E-state index in [0.29, 0.717) is 12.2 Å². The topological polar surface area (TPSA) is 50.2 Å². The second kappa shape index (κ2) is 3.08. The van der Waals surface area contributed by atoms with E-state index in [1.54, 1.807) is 18.3 Å². The fraction of sp³-hybridized carbons (Fsp3) is 0. The van der Waals surface area contributed by atoms with Crippen LogP contribution in [0, 0.1) is 6.61 Å². The number of carbonyl (C=O) groups excluding carboxylic acids is 1. The number of aromatic nitrogens is 1. The fourth-order valence-corrected chi connectivity index (χ4v) is 0.583. The Morgan fingerprint density at radius 2 is 2.50 bits per heavy atom. The zero-order chi connectivity index (χ0) is 7.40. The maximum absolute atomic E-state index is 10.7. The summed E-state index contributed by atoms with van der Waals surface area (Å²) < 4.78 is 0. The van der Waals surface area contributed by atoms with Crippen molar-refractivity contribution in [2.24, 2.45) is 0 Å². The molecule has 1 aromatic heterocycles. The number of rotatable bonds is 2. The van der Waals surface area contributed by atoms with Crippen molar-refractivity contribution >= 4 is 5.78 Å². The summed E-state index contributed by atoms with van der Waals surface area (Å²) in [5, 5.41) is 8.29. The van der Waals surface area contributed by atoms with Crippen LogP contribution >= 0.6 is 0 Å². The number of aliphatic hydroxyl groups excluding tert-OH is 1. The molecule has 0 amide bonds. The van der Waals surface area contributed by atoms with Crippen LogP contribution in [0.15, 0.2) is 24.5 Å². The summed E-state index contributed by atoms with van der Waals surface area (Å²) in [6, 6.07) is 3.22. The van der Waals surface area contributed by atoms with E-state index in [1.165, 1.54) is 6.20 Å². The Morgan fingerprint density at radius 1 is 1.70 bits per heavy atom. The van der Waals surface area contributed by atoms with Gasteiger partial charge < -0.3 is 5.11 Å². The van der Waals surface area contributed by atoms with Gasteiger partial charge in [0.2, 0.25) is 0 Å². The third-order valence-corrected chi connectivity index (χ3v) is 1.06. The highest BCUT2D eigenvalue weighted by Crippen LogP contribution is 1.97. The van der Waals surface area contributed by atoms with Gasteiger partial charge in [0.15, 0.2) is 12.4 Å². The van der Waals surface area contributed by atoms with Crippen LogP contribution in [0.2, 0.25) is 0 Å². The number of hydrogen-bond acceptors (Lipinski definition) is 3. The van der Waals surface area contributed by atoms with E-state index in [-0.39, 0.29) is 0 Å². The van der Waals surface area contributed by atoms with Crippen molar-refractivity contribution in [2.45, 2.75) is 0 Å². The summed E-state index contributed by atoms with van der Waals surface area (Å²) in [6.45, 7) is 0.525. The van der Waals surface area contributed by atoms with E-state index in [2.05, 4.69) is 4.98 Å². The van der Waals surface area contributed by atoms with Crippen LogP contribution in [0.25, 0.3) is 0 Å². The molecule has 1 rings (SSSR count). The van der Waals surface area contributed by atoms with Gasteiger partial charge in [-0.3, -0.25) is 9.78 Å². The number of aliphatic hydroxyl groups is 1. The van der Waals surface area contributed by atoms with E-state index in [0.717, 1.165) is 0 Å². The van der Waals surface area contributed by atoms with Gasteiger partial charge in [0.05, 0.1) is 0 Å². The molecule has 1 heterocycles. The van der Waals surface area contributed by atoms with Gasteiger partial charge >= 0.3 is 0 Å². The summed E-state index contributed by atoms with van der Waals surface area (Å²) in [5.74, 6) is -0.423. The predicted octanol–water partition coefficient (Wildman–Crippen LogP) is 0.799. The van der Waals surface area contributed by atoms with Gasteiger partial charge in [-0.25, -0.2) is 0 Å². The molecule has 3 heteroatoms. The fourth-order valence-electron chi connectivity index (χ4n) is 0.583. The molecule has 0 saturated heterocycles. The molecule has 0 aliphatic heterocycles. The van der Waals surface area contributed by atoms with Crippen LogP contribution < -0.4 is 0 Å². The smallest absolute Gasteiger partial charge is 0.195 e. The molecular weight excluding hydrogens is 130 g/mol. The number of pyridine rings is 1. The van der Waals surface area contributed by atoms with Gasteiger partial charge in [0.1, 0.15) is 0 Å². The van der Waals surface area contributed by atoms with Gasteiger partial charge in [-0.2, -0.15) is 0 Å². The molecule has 0 aromatic carbocycles. The van der Waals surface area contributed by atoms with Crippen molar-refractivity contribution in [3.63, 3.8) is 0 Å². The summed E-state index contributed by atoms with van der Waals surface area (Å²) >= 11 is 0. The van der Waals surface area contributed by atoms with Crippen LogP contribution in [-0.4, -0.2) is 15.9 Å². The number of nitrogens with zero attached hydrogens (tertiary/aromatic N) is 1. The van der Waals surface area contributed by atoms with Crippen LogP contribution in [0.1, 0.15) is 10.4 Å². The maximum Gasteiger partial charge on any atom is 0.195 e. The van der Waals surface area contributed by atoms with Crippen molar-refractivity contribution in [1.82, 2.24) is 4.98 Å². The number of hydrogen-bond donors (Lipinski definition) is 1. The van der Waals surface area contributed by atoms with Gasteiger partial charge in [0.25, 0.3) is 0 Å². The highest BCUT2D eigenvalue weighted by Gasteiger charge is 2.01. The van der Waals surface area contributed by atoms with Gasteiger partial charge in [-0.15, -0.1) is 0 Å². The van der Waals surface area contributed by atoms with Gasteiger partial charge in [0, 0.05) is 18.0 Å². The summed E-state index contributed by atoms with van der Waals surface area (Å²) in [7, 11) is 0. The lowest BCUT2D eigenvalue weighted by Crippen LogP contribution is -1.98. The van der Waals surface area contributed by atoms with Crippen molar-refractivity contribution in [2.75, 3.05) is 0 Å². The Labute approximate surface area is 58.3 Å². The second-order valence-corrected chi connectivity index (χ2v) is 1.74. The lowest BCUT2D eigenvalue weighted by molar-refractivity contribution is 0.0968. The SMILES string of the molecule is O=C([CH]O)c1cccnc1. The molecule has 0 saturated carbocycles. The van der Waals surface area contributed by atoms with Crippen LogP contribution in [-0.2, 0) is 0 Å². The van der Waals surface area contributed by atoms with Crippen molar-refractivity contribution in [3.8, 4) is 0 Å². The average Bonchev–Trinajstić information content (AvgIpc) is 2.05. The highest BCUT2D eigenvalue weighted by molar-refractivity contribution is 6.00. The normalized spacial score (nSPS) is 9.30. The average molecular weight is 136 g/mol. The second-order valence-electron chi connectivity index (χ2n) is 1.74. The summed E-state index contributed by atoms with van der Waals surface area (Å²) in [6.07, 6.45) is 2.96. The predicted molar refractivity (Wildman–Crippen MR) is 34.8 cm³/mol. The van der Waals surface area contributed by atoms with Crippen LogP contribution in [0.4, 0.5) is 0 Å².